The highest BCUT2D eigenvalue weighted by Gasteiger charge is 2.35. The largest absolute Gasteiger partial charge is 0.465 e. The second-order valence-electron chi connectivity index (χ2n) is 7.31. The molecule has 108 valence electrons. The van der Waals surface area contributed by atoms with E-state index in [1.54, 1.807) is 0 Å². The van der Waals surface area contributed by atoms with Crippen LogP contribution < -0.4 is 5.32 Å². The number of hydrogen-bond donors (Lipinski definition) is 1. The molecule has 0 aliphatic rings. The van der Waals surface area contributed by atoms with Crippen LogP contribution in [0.5, 0.6) is 0 Å². The van der Waals surface area contributed by atoms with E-state index in [1.807, 2.05) is 7.05 Å². The van der Waals surface area contributed by atoms with E-state index in [-0.39, 0.29) is 22.7 Å². The van der Waals surface area contributed by atoms with Crippen molar-refractivity contribution in [1.29, 1.82) is 0 Å². The molecule has 0 aliphatic carbocycles. The maximum absolute atomic E-state index is 12.2. The molecule has 1 atom stereocenters. The predicted molar refractivity (Wildman–Crippen MR) is 76.5 cm³/mol. The Morgan fingerprint density at radius 1 is 1.17 bits per heavy atom. The molecule has 0 aromatic heterocycles. The van der Waals surface area contributed by atoms with Gasteiger partial charge in [0.05, 0.1) is 12.5 Å². The van der Waals surface area contributed by atoms with Gasteiger partial charge in [0.25, 0.3) is 0 Å². The van der Waals surface area contributed by atoms with Crippen molar-refractivity contribution in [1.82, 2.24) is 5.32 Å². The van der Waals surface area contributed by atoms with E-state index in [1.165, 1.54) is 0 Å². The second kappa shape index (κ2) is 7.13. The Bertz CT molecular complexity index is 248. The number of nitrogens with one attached hydrogen (secondary N) is 1. The lowest BCUT2D eigenvalue weighted by atomic mass is 9.72. The summed E-state index contributed by atoms with van der Waals surface area (Å²) in [5.41, 5.74) is 0.0926. The summed E-state index contributed by atoms with van der Waals surface area (Å²) in [6, 6.07) is 0. The summed E-state index contributed by atoms with van der Waals surface area (Å²) in [5.74, 6) is -0.0828. The molecule has 0 saturated heterocycles. The lowest BCUT2D eigenvalue weighted by Crippen LogP contribution is -2.34. The normalized spacial score (nSPS) is 14.4. The van der Waals surface area contributed by atoms with Crippen molar-refractivity contribution >= 4 is 5.97 Å². The highest BCUT2D eigenvalue weighted by Crippen LogP contribution is 2.36. The topological polar surface area (TPSA) is 38.3 Å². The van der Waals surface area contributed by atoms with E-state index >= 15 is 0 Å². The van der Waals surface area contributed by atoms with E-state index in [9.17, 15) is 4.79 Å². The van der Waals surface area contributed by atoms with Crippen LogP contribution in [-0.2, 0) is 9.53 Å². The van der Waals surface area contributed by atoms with Gasteiger partial charge in [-0.1, -0.05) is 41.5 Å². The molecule has 1 unspecified atom stereocenters. The van der Waals surface area contributed by atoms with Gasteiger partial charge >= 0.3 is 5.97 Å². The van der Waals surface area contributed by atoms with E-state index in [4.69, 9.17) is 4.74 Å². The fourth-order valence-corrected chi connectivity index (χ4v) is 1.88. The standard InChI is InChI=1S/C15H31NO2/c1-14(2,3)11-12(15(4,5)6)13(17)18-10-8-9-16-7/h12,16H,8-11H2,1-7H3. The van der Waals surface area contributed by atoms with Crippen LogP contribution in [0.2, 0.25) is 0 Å². The van der Waals surface area contributed by atoms with Gasteiger partial charge in [0.15, 0.2) is 0 Å². The van der Waals surface area contributed by atoms with Crippen molar-refractivity contribution in [3.05, 3.63) is 0 Å². The van der Waals surface area contributed by atoms with Gasteiger partial charge in [0.2, 0.25) is 0 Å². The first-order valence-corrected chi connectivity index (χ1v) is 6.89. The highest BCUT2D eigenvalue weighted by molar-refractivity contribution is 5.73. The smallest absolute Gasteiger partial charge is 0.309 e. The van der Waals surface area contributed by atoms with Crippen molar-refractivity contribution in [3.63, 3.8) is 0 Å². The fourth-order valence-electron chi connectivity index (χ4n) is 1.88. The molecular weight excluding hydrogens is 226 g/mol. The number of esters is 1. The summed E-state index contributed by atoms with van der Waals surface area (Å²) in [6.45, 7) is 14.2. The fraction of sp³-hybridized carbons (Fsp3) is 0.933. The van der Waals surface area contributed by atoms with Crippen LogP contribution in [-0.4, -0.2) is 26.2 Å². The van der Waals surface area contributed by atoms with Crippen LogP contribution in [0.1, 0.15) is 54.4 Å². The van der Waals surface area contributed by atoms with Gasteiger partial charge in [0.1, 0.15) is 0 Å². The molecule has 3 nitrogen and oxygen atoms in total. The van der Waals surface area contributed by atoms with Gasteiger partial charge in [-0.3, -0.25) is 4.79 Å². The average Bonchev–Trinajstić information content (AvgIpc) is 2.18. The SMILES string of the molecule is CNCCCOC(=O)C(CC(C)(C)C)C(C)(C)C. The van der Waals surface area contributed by atoms with Crippen LogP contribution in [0, 0.1) is 16.7 Å². The molecule has 0 saturated carbocycles. The molecule has 0 bridgehead atoms. The van der Waals surface area contributed by atoms with Gasteiger partial charge in [-0.05, 0) is 37.3 Å². The number of hydrogen-bond acceptors (Lipinski definition) is 3. The van der Waals surface area contributed by atoms with E-state index in [0.717, 1.165) is 19.4 Å². The van der Waals surface area contributed by atoms with Crippen LogP contribution in [0.25, 0.3) is 0 Å². The zero-order valence-electron chi connectivity index (χ0n) is 13.2. The lowest BCUT2D eigenvalue weighted by Gasteiger charge is -2.33. The maximum Gasteiger partial charge on any atom is 0.309 e. The van der Waals surface area contributed by atoms with Crippen molar-refractivity contribution in [3.8, 4) is 0 Å². The average molecular weight is 257 g/mol. The van der Waals surface area contributed by atoms with Gasteiger partial charge in [-0.25, -0.2) is 0 Å². The molecule has 0 aromatic rings. The third kappa shape index (κ3) is 7.70. The molecule has 0 amide bonds. The molecule has 3 heteroatoms. The zero-order valence-corrected chi connectivity index (χ0v) is 13.2. The summed E-state index contributed by atoms with van der Waals surface area (Å²) in [4.78, 5) is 12.2. The minimum atomic E-state index is -0.0482. The summed E-state index contributed by atoms with van der Waals surface area (Å²) < 4.78 is 5.40. The summed E-state index contributed by atoms with van der Waals surface area (Å²) in [6.07, 6.45) is 1.73. The van der Waals surface area contributed by atoms with Crippen LogP contribution in [0.15, 0.2) is 0 Å². The summed E-state index contributed by atoms with van der Waals surface area (Å²) in [7, 11) is 1.90. The first-order valence-electron chi connectivity index (χ1n) is 6.89. The van der Waals surface area contributed by atoms with Crippen molar-refractivity contribution in [2.45, 2.75) is 54.4 Å². The van der Waals surface area contributed by atoms with Gasteiger partial charge in [0, 0.05) is 0 Å². The first-order chi connectivity index (χ1) is 8.08. The van der Waals surface area contributed by atoms with Gasteiger partial charge in [-0.15, -0.1) is 0 Å². The maximum atomic E-state index is 12.2. The monoisotopic (exact) mass is 257 g/mol. The second-order valence-corrected chi connectivity index (χ2v) is 7.31. The summed E-state index contributed by atoms with van der Waals surface area (Å²) >= 11 is 0. The predicted octanol–water partition coefficient (Wildman–Crippen LogP) is 3.24. The third-order valence-electron chi connectivity index (χ3n) is 2.96. The van der Waals surface area contributed by atoms with Crippen molar-refractivity contribution < 1.29 is 9.53 Å². The lowest BCUT2D eigenvalue weighted by molar-refractivity contribution is -0.154. The number of rotatable bonds is 6. The Labute approximate surface area is 113 Å². The Morgan fingerprint density at radius 3 is 2.11 bits per heavy atom. The third-order valence-corrected chi connectivity index (χ3v) is 2.96. The Morgan fingerprint density at radius 2 is 1.72 bits per heavy atom. The molecule has 0 aliphatic heterocycles. The highest BCUT2D eigenvalue weighted by atomic mass is 16.5. The quantitative estimate of drug-likeness (QED) is 0.586. The van der Waals surface area contributed by atoms with Crippen LogP contribution in [0.4, 0.5) is 0 Å². The molecule has 0 fully saturated rings. The van der Waals surface area contributed by atoms with E-state index in [2.05, 4.69) is 46.9 Å². The zero-order chi connectivity index (χ0) is 14.4. The van der Waals surface area contributed by atoms with Crippen LogP contribution in [0.3, 0.4) is 0 Å². The molecule has 1 N–H and O–H groups in total. The molecule has 0 heterocycles. The van der Waals surface area contributed by atoms with E-state index < -0.39 is 0 Å². The molecule has 0 radical (unpaired) electrons. The number of ether oxygens (including phenoxy) is 1. The molecule has 0 rings (SSSR count). The Hall–Kier alpha value is -0.570. The minimum Gasteiger partial charge on any atom is -0.465 e. The molecule has 0 spiro atoms. The summed E-state index contributed by atoms with van der Waals surface area (Å²) in [5, 5.41) is 3.05. The Kier molecular flexibility index (Phi) is 6.90. The molecule has 18 heavy (non-hydrogen) atoms. The van der Waals surface area contributed by atoms with E-state index in [0.29, 0.717) is 6.61 Å². The van der Waals surface area contributed by atoms with Gasteiger partial charge in [-0.2, -0.15) is 0 Å². The molecular formula is C15H31NO2. The number of carbonyl (C=O) groups excluding carboxylic acids is 1. The van der Waals surface area contributed by atoms with Crippen molar-refractivity contribution in [2.75, 3.05) is 20.2 Å². The van der Waals surface area contributed by atoms with Crippen LogP contribution >= 0.6 is 0 Å². The minimum absolute atomic E-state index is 0.0351. The molecule has 0 aromatic carbocycles. The van der Waals surface area contributed by atoms with Crippen molar-refractivity contribution in [2.24, 2.45) is 16.7 Å². The Balaban J connectivity index is 4.43. The number of carbonyl (C=O) groups is 1. The first kappa shape index (κ1) is 17.4. The van der Waals surface area contributed by atoms with Gasteiger partial charge < -0.3 is 10.1 Å².